The Morgan fingerprint density at radius 3 is 2.89 bits per heavy atom. The van der Waals surface area contributed by atoms with Crippen molar-refractivity contribution in [1.82, 2.24) is 4.98 Å². The Morgan fingerprint density at radius 2 is 2.26 bits per heavy atom. The number of rotatable bonds is 5. The molecule has 0 spiro atoms. The van der Waals surface area contributed by atoms with Crippen LogP contribution in [0, 0.1) is 6.92 Å². The number of para-hydroxylation sites is 1. The number of aryl methyl sites for hydroxylation is 1. The molecule has 0 saturated heterocycles. The molecule has 1 aromatic heterocycles. The Balaban J connectivity index is 2.14. The minimum Gasteiger partial charge on any atom is -0.486 e. The summed E-state index contributed by atoms with van der Waals surface area (Å²) in [6, 6.07) is 5.83. The first kappa shape index (κ1) is 14.3. The van der Waals surface area contributed by atoms with Crippen molar-refractivity contribution in [2.75, 3.05) is 0 Å². The van der Waals surface area contributed by atoms with Crippen molar-refractivity contribution >= 4 is 22.9 Å². The number of thiazole rings is 1. The van der Waals surface area contributed by atoms with Gasteiger partial charge in [-0.1, -0.05) is 23.7 Å². The van der Waals surface area contributed by atoms with E-state index in [1.54, 1.807) is 11.3 Å². The van der Waals surface area contributed by atoms with Gasteiger partial charge in [0.15, 0.2) is 0 Å². The highest BCUT2D eigenvalue weighted by Gasteiger charge is 2.11. The lowest BCUT2D eigenvalue weighted by molar-refractivity contribution is 0.306. The van der Waals surface area contributed by atoms with Crippen LogP contribution in [0.3, 0.4) is 0 Å². The minimum atomic E-state index is 0.0754. The van der Waals surface area contributed by atoms with E-state index < -0.39 is 0 Å². The van der Waals surface area contributed by atoms with Crippen molar-refractivity contribution in [1.29, 1.82) is 0 Å². The molecule has 0 bridgehead atoms. The summed E-state index contributed by atoms with van der Waals surface area (Å²) in [6.07, 6.45) is 2.58. The molecular weight excluding hydrogens is 280 g/mol. The van der Waals surface area contributed by atoms with Crippen LogP contribution in [0.2, 0.25) is 5.02 Å². The van der Waals surface area contributed by atoms with Crippen LogP contribution in [0.25, 0.3) is 0 Å². The highest BCUT2D eigenvalue weighted by molar-refractivity contribution is 7.11. The van der Waals surface area contributed by atoms with Crippen molar-refractivity contribution in [3.8, 4) is 5.75 Å². The van der Waals surface area contributed by atoms with Gasteiger partial charge in [-0.3, -0.25) is 0 Å². The van der Waals surface area contributed by atoms with Crippen LogP contribution in [-0.4, -0.2) is 11.0 Å². The molecule has 2 rings (SSSR count). The number of nitrogens with two attached hydrogens (primary N) is 1. The highest BCUT2D eigenvalue weighted by atomic mass is 35.5. The zero-order chi connectivity index (χ0) is 13.8. The Morgan fingerprint density at radius 1 is 1.47 bits per heavy atom. The summed E-state index contributed by atoms with van der Waals surface area (Å²) in [7, 11) is 0. The molecule has 2 aromatic rings. The Hall–Kier alpha value is -1.10. The molecule has 19 heavy (non-hydrogen) atoms. The average molecular weight is 297 g/mol. The topological polar surface area (TPSA) is 48.1 Å². The summed E-state index contributed by atoms with van der Waals surface area (Å²) in [5.74, 6) is 0.729. The molecule has 0 amide bonds. The van der Waals surface area contributed by atoms with Gasteiger partial charge in [-0.15, -0.1) is 11.3 Å². The third-order valence-corrected chi connectivity index (χ3v) is 3.80. The lowest BCUT2D eigenvalue weighted by Crippen LogP contribution is -2.18. The van der Waals surface area contributed by atoms with Gasteiger partial charge in [0, 0.05) is 12.2 Å². The van der Waals surface area contributed by atoms with E-state index in [2.05, 4.69) is 4.98 Å². The van der Waals surface area contributed by atoms with E-state index in [0.29, 0.717) is 11.6 Å². The summed E-state index contributed by atoms with van der Waals surface area (Å²) in [6.45, 7) is 4.43. The van der Waals surface area contributed by atoms with Crippen LogP contribution in [0.4, 0.5) is 0 Å². The molecule has 3 nitrogen and oxygen atoms in total. The molecule has 5 heteroatoms. The summed E-state index contributed by atoms with van der Waals surface area (Å²) in [5.41, 5.74) is 6.89. The minimum absolute atomic E-state index is 0.0754. The van der Waals surface area contributed by atoms with E-state index in [1.165, 1.54) is 0 Å². The maximum absolute atomic E-state index is 6.21. The zero-order valence-electron chi connectivity index (χ0n) is 11.0. The number of benzene rings is 1. The number of hydrogen-bond acceptors (Lipinski definition) is 4. The number of aromatic nitrogens is 1. The van der Waals surface area contributed by atoms with Crippen LogP contribution < -0.4 is 10.5 Å². The van der Waals surface area contributed by atoms with Gasteiger partial charge in [-0.05, 0) is 31.9 Å². The molecular formula is C14H17ClN2OS. The fourth-order valence-electron chi connectivity index (χ4n) is 1.84. The molecule has 0 radical (unpaired) electrons. The zero-order valence-corrected chi connectivity index (χ0v) is 12.6. The Bertz CT molecular complexity index is 554. The second-order valence-corrected chi connectivity index (χ2v) is 6.27. The number of ether oxygens (including phenoxy) is 1. The van der Waals surface area contributed by atoms with Crippen molar-refractivity contribution in [3.05, 3.63) is 44.9 Å². The van der Waals surface area contributed by atoms with E-state index in [9.17, 15) is 0 Å². The molecule has 1 atom stereocenters. The van der Waals surface area contributed by atoms with E-state index in [1.807, 2.05) is 38.2 Å². The SMILES string of the molecule is Cc1ncc(COc2c(Cl)cccc2CC(C)N)s1. The molecule has 2 N–H and O–H groups in total. The monoisotopic (exact) mass is 296 g/mol. The molecule has 0 aliphatic rings. The first-order valence-electron chi connectivity index (χ1n) is 6.13. The quantitative estimate of drug-likeness (QED) is 0.917. The number of nitrogens with zero attached hydrogens (tertiary/aromatic N) is 1. The maximum atomic E-state index is 6.21. The van der Waals surface area contributed by atoms with Gasteiger partial charge >= 0.3 is 0 Å². The van der Waals surface area contributed by atoms with Gasteiger partial charge in [0.25, 0.3) is 0 Å². The third kappa shape index (κ3) is 3.93. The van der Waals surface area contributed by atoms with E-state index in [0.717, 1.165) is 27.6 Å². The standard InChI is InChI=1S/C14H17ClN2OS/c1-9(16)6-11-4-3-5-13(15)14(11)18-8-12-7-17-10(2)19-12/h3-5,7,9H,6,8,16H2,1-2H3. The van der Waals surface area contributed by atoms with Crippen LogP contribution in [0.1, 0.15) is 22.4 Å². The molecule has 1 heterocycles. The Kier molecular flexibility index (Phi) is 4.80. The number of hydrogen-bond donors (Lipinski definition) is 1. The lowest BCUT2D eigenvalue weighted by Gasteiger charge is -2.14. The highest BCUT2D eigenvalue weighted by Crippen LogP contribution is 2.30. The van der Waals surface area contributed by atoms with E-state index >= 15 is 0 Å². The van der Waals surface area contributed by atoms with Crippen LogP contribution in [-0.2, 0) is 13.0 Å². The van der Waals surface area contributed by atoms with Crippen molar-refractivity contribution in [2.45, 2.75) is 32.9 Å². The van der Waals surface area contributed by atoms with Gasteiger partial charge in [0.05, 0.1) is 14.9 Å². The van der Waals surface area contributed by atoms with E-state index in [-0.39, 0.29) is 6.04 Å². The average Bonchev–Trinajstić information content (AvgIpc) is 2.73. The van der Waals surface area contributed by atoms with Gasteiger partial charge in [0.2, 0.25) is 0 Å². The summed E-state index contributed by atoms with van der Waals surface area (Å²) < 4.78 is 5.85. The molecule has 0 fully saturated rings. The van der Waals surface area contributed by atoms with Gasteiger partial charge in [-0.2, -0.15) is 0 Å². The van der Waals surface area contributed by atoms with Crippen LogP contribution in [0.5, 0.6) is 5.75 Å². The maximum Gasteiger partial charge on any atom is 0.141 e. The van der Waals surface area contributed by atoms with Gasteiger partial charge in [-0.25, -0.2) is 4.98 Å². The first-order chi connectivity index (χ1) is 9.06. The van der Waals surface area contributed by atoms with Crippen molar-refractivity contribution in [2.24, 2.45) is 5.73 Å². The largest absolute Gasteiger partial charge is 0.486 e. The summed E-state index contributed by atoms with van der Waals surface area (Å²) in [4.78, 5) is 5.29. The lowest BCUT2D eigenvalue weighted by atomic mass is 10.1. The normalized spacial score (nSPS) is 12.4. The number of halogens is 1. The Labute approximate surface area is 122 Å². The van der Waals surface area contributed by atoms with E-state index in [4.69, 9.17) is 22.1 Å². The van der Waals surface area contributed by atoms with Gasteiger partial charge < -0.3 is 10.5 Å². The molecule has 102 valence electrons. The molecule has 1 unspecified atom stereocenters. The smallest absolute Gasteiger partial charge is 0.141 e. The fraction of sp³-hybridized carbons (Fsp3) is 0.357. The van der Waals surface area contributed by atoms with Crippen LogP contribution >= 0.6 is 22.9 Å². The third-order valence-electron chi connectivity index (χ3n) is 2.62. The predicted molar refractivity (Wildman–Crippen MR) is 80.0 cm³/mol. The summed E-state index contributed by atoms with van der Waals surface area (Å²) in [5, 5.41) is 1.66. The molecule has 0 aliphatic carbocycles. The molecule has 0 aliphatic heterocycles. The second kappa shape index (κ2) is 6.37. The van der Waals surface area contributed by atoms with Crippen molar-refractivity contribution < 1.29 is 4.74 Å². The van der Waals surface area contributed by atoms with Crippen LogP contribution in [0.15, 0.2) is 24.4 Å². The fourth-order valence-corrected chi connectivity index (χ4v) is 2.79. The first-order valence-corrected chi connectivity index (χ1v) is 7.33. The summed E-state index contributed by atoms with van der Waals surface area (Å²) >= 11 is 7.83. The molecule has 1 aromatic carbocycles. The molecule has 0 saturated carbocycles. The predicted octanol–water partition coefficient (Wildman–Crippen LogP) is 3.57. The van der Waals surface area contributed by atoms with Gasteiger partial charge in [0.1, 0.15) is 12.4 Å². The van der Waals surface area contributed by atoms with Crippen molar-refractivity contribution in [3.63, 3.8) is 0 Å². The second-order valence-electron chi connectivity index (χ2n) is 4.54.